The molecule has 0 atom stereocenters. The molecule has 0 bridgehead atoms. The summed E-state index contributed by atoms with van der Waals surface area (Å²) in [4.78, 5) is 0.535. The molecule has 2 aliphatic rings. The van der Waals surface area contributed by atoms with Crippen LogP contribution in [0.3, 0.4) is 0 Å². The molecule has 3 nitrogen and oxygen atoms in total. The molecule has 1 aliphatic heterocycles. The van der Waals surface area contributed by atoms with E-state index in [4.69, 9.17) is 0 Å². The number of sulfonamides is 1. The van der Waals surface area contributed by atoms with E-state index < -0.39 is 10.0 Å². The van der Waals surface area contributed by atoms with Crippen LogP contribution in [0.15, 0.2) is 53.4 Å². The number of hydrogen-bond donors (Lipinski definition) is 0. The molecule has 1 aliphatic carbocycles. The average molecular weight is 325 g/mol. The summed E-state index contributed by atoms with van der Waals surface area (Å²) in [7, 11) is -3.45. The van der Waals surface area contributed by atoms with Crippen molar-refractivity contribution in [1.29, 1.82) is 0 Å². The first kappa shape index (κ1) is 14.5. The summed E-state index contributed by atoms with van der Waals surface area (Å²) in [5, 5.41) is 0. The zero-order valence-corrected chi connectivity index (χ0v) is 13.7. The molecule has 0 spiro atoms. The molecular formula is C19H19NO2S. The van der Waals surface area contributed by atoms with Crippen molar-refractivity contribution in [3.63, 3.8) is 0 Å². The lowest BCUT2D eigenvalue weighted by Gasteiger charge is -2.32. The van der Waals surface area contributed by atoms with Gasteiger partial charge in [0.2, 0.25) is 0 Å². The van der Waals surface area contributed by atoms with Crippen LogP contribution in [-0.2, 0) is 22.9 Å². The number of para-hydroxylation sites is 1. The Morgan fingerprint density at radius 2 is 1.57 bits per heavy atom. The number of anilines is 1. The van der Waals surface area contributed by atoms with Gasteiger partial charge in [-0.3, -0.25) is 4.31 Å². The van der Waals surface area contributed by atoms with Crippen LogP contribution in [0.5, 0.6) is 0 Å². The van der Waals surface area contributed by atoms with E-state index in [1.807, 2.05) is 48.5 Å². The monoisotopic (exact) mass is 325 g/mol. The number of nitrogens with zero attached hydrogens (tertiary/aromatic N) is 1. The molecule has 1 heterocycles. The lowest BCUT2D eigenvalue weighted by atomic mass is 9.98. The Balaban J connectivity index is 1.77. The van der Waals surface area contributed by atoms with Gasteiger partial charge >= 0.3 is 0 Å². The Morgan fingerprint density at radius 3 is 2.43 bits per heavy atom. The van der Waals surface area contributed by atoms with Gasteiger partial charge in [-0.25, -0.2) is 8.42 Å². The molecular weight excluding hydrogens is 306 g/mol. The average Bonchev–Trinajstić information content (AvgIpc) is 2.60. The highest BCUT2D eigenvalue weighted by molar-refractivity contribution is 7.96. The number of aryl methyl sites for hydroxylation is 2. The molecule has 0 radical (unpaired) electrons. The van der Waals surface area contributed by atoms with Crippen molar-refractivity contribution in [1.82, 2.24) is 0 Å². The fraction of sp³-hybridized carbons (Fsp3) is 0.263. The van der Waals surface area contributed by atoms with Gasteiger partial charge in [-0.15, -0.1) is 0 Å². The fourth-order valence-electron chi connectivity index (χ4n) is 3.50. The second-order valence-electron chi connectivity index (χ2n) is 6.12. The molecule has 0 saturated carbocycles. The summed E-state index contributed by atoms with van der Waals surface area (Å²) in [6.45, 7) is 0.568. The minimum absolute atomic E-state index is 0.535. The molecule has 23 heavy (non-hydrogen) atoms. The summed E-state index contributed by atoms with van der Waals surface area (Å²) >= 11 is 0. The lowest BCUT2D eigenvalue weighted by molar-refractivity contribution is 0.590. The van der Waals surface area contributed by atoms with Crippen LogP contribution in [0.25, 0.3) is 6.08 Å². The molecule has 4 rings (SSSR count). The van der Waals surface area contributed by atoms with Crippen LogP contribution >= 0.6 is 0 Å². The quantitative estimate of drug-likeness (QED) is 0.843. The van der Waals surface area contributed by atoms with Gasteiger partial charge in [0.15, 0.2) is 0 Å². The van der Waals surface area contributed by atoms with E-state index in [0.717, 1.165) is 36.1 Å². The van der Waals surface area contributed by atoms with Crippen molar-refractivity contribution in [2.75, 3.05) is 10.8 Å². The normalized spacial score (nSPS) is 17.2. The smallest absolute Gasteiger partial charge is 0.260 e. The van der Waals surface area contributed by atoms with E-state index in [1.165, 1.54) is 5.56 Å². The second-order valence-corrected chi connectivity index (χ2v) is 8.03. The largest absolute Gasteiger partial charge is 0.266 e. The molecule has 0 unspecified atom stereocenters. The van der Waals surface area contributed by atoms with Crippen LogP contribution in [0.2, 0.25) is 0 Å². The van der Waals surface area contributed by atoms with Gasteiger partial charge < -0.3 is 0 Å². The first-order valence-corrected chi connectivity index (χ1v) is 9.49. The maximum absolute atomic E-state index is 13.2. The van der Waals surface area contributed by atoms with Crippen molar-refractivity contribution in [3.05, 3.63) is 70.1 Å². The molecule has 0 saturated heterocycles. The van der Waals surface area contributed by atoms with Crippen molar-refractivity contribution >= 4 is 21.8 Å². The van der Waals surface area contributed by atoms with Crippen LogP contribution in [-0.4, -0.2) is 15.0 Å². The Bertz CT molecular complexity index is 884. The van der Waals surface area contributed by atoms with Crippen LogP contribution in [0.4, 0.5) is 5.69 Å². The highest BCUT2D eigenvalue weighted by Crippen LogP contribution is 2.35. The first-order valence-electron chi connectivity index (χ1n) is 8.05. The van der Waals surface area contributed by atoms with Gasteiger partial charge in [0.05, 0.1) is 10.6 Å². The van der Waals surface area contributed by atoms with E-state index in [9.17, 15) is 8.42 Å². The van der Waals surface area contributed by atoms with Crippen molar-refractivity contribution in [2.45, 2.75) is 25.7 Å². The first-order chi connectivity index (χ1) is 11.2. The number of hydrogen-bond acceptors (Lipinski definition) is 2. The third-order valence-electron chi connectivity index (χ3n) is 4.70. The van der Waals surface area contributed by atoms with Crippen molar-refractivity contribution < 1.29 is 8.42 Å². The summed E-state index contributed by atoms with van der Waals surface area (Å²) in [5.74, 6) is 0. The van der Waals surface area contributed by atoms with Gasteiger partial charge in [-0.05, 0) is 54.5 Å². The Hall–Kier alpha value is -2.07. The van der Waals surface area contributed by atoms with Gasteiger partial charge in [-0.2, -0.15) is 0 Å². The van der Waals surface area contributed by atoms with E-state index in [2.05, 4.69) is 6.07 Å². The zero-order chi connectivity index (χ0) is 15.9. The predicted octanol–water partition coefficient (Wildman–Crippen LogP) is 3.76. The minimum atomic E-state index is -3.45. The molecule has 0 amide bonds. The van der Waals surface area contributed by atoms with Crippen LogP contribution < -0.4 is 4.31 Å². The third kappa shape index (κ3) is 2.47. The van der Waals surface area contributed by atoms with E-state index in [0.29, 0.717) is 17.9 Å². The van der Waals surface area contributed by atoms with E-state index in [-0.39, 0.29) is 0 Å². The molecule has 0 aromatic heterocycles. The molecule has 118 valence electrons. The summed E-state index contributed by atoms with van der Waals surface area (Å²) < 4.78 is 27.9. The topological polar surface area (TPSA) is 37.4 Å². The Kier molecular flexibility index (Phi) is 3.49. The van der Waals surface area contributed by atoms with E-state index in [1.54, 1.807) is 4.31 Å². The molecule has 0 fully saturated rings. The zero-order valence-electron chi connectivity index (χ0n) is 12.9. The Morgan fingerprint density at radius 1 is 0.826 bits per heavy atom. The maximum atomic E-state index is 13.2. The second kappa shape index (κ2) is 5.53. The molecule has 2 aromatic rings. The number of allylic oxidation sites excluding steroid dienone is 1. The number of fused-ring (bicyclic) bond motifs is 2. The lowest BCUT2D eigenvalue weighted by Crippen LogP contribution is -2.36. The van der Waals surface area contributed by atoms with Crippen LogP contribution in [0, 0.1) is 0 Å². The maximum Gasteiger partial charge on any atom is 0.260 e. The Labute approximate surface area is 137 Å². The van der Waals surface area contributed by atoms with Crippen molar-refractivity contribution in [2.24, 2.45) is 0 Å². The van der Waals surface area contributed by atoms with Crippen LogP contribution in [0.1, 0.15) is 29.5 Å². The third-order valence-corrected chi connectivity index (χ3v) is 6.65. The van der Waals surface area contributed by atoms with Gasteiger partial charge in [0.1, 0.15) is 0 Å². The predicted molar refractivity (Wildman–Crippen MR) is 93.8 cm³/mol. The number of benzene rings is 2. The summed E-state index contributed by atoms with van der Waals surface area (Å²) in [5.41, 5.74) is 4.23. The van der Waals surface area contributed by atoms with Gasteiger partial charge in [-0.1, -0.05) is 42.5 Å². The highest BCUT2D eigenvalue weighted by Gasteiger charge is 2.31. The summed E-state index contributed by atoms with van der Waals surface area (Å²) in [6.07, 6.45) is 5.05. The van der Waals surface area contributed by atoms with Crippen molar-refractivity contribution in [3.8, 4) is 0 Å². The summed E-state index contributed by atoms with van der Waals surface area (Å²) in [6, 6.07) is 15.9. The van der Waals surface area contributed by atoms with Gasteiger partial charge in [0.25, 0.3) is 10.0 Å². The molecule has 2 aromatic carbocycles. The molecule has 4 heteroatoms. The minimum Gasteiger partial charge on any atom is -0.266 e. The van der Waals surface area contributed by atoms with Gasteiger partial charge in [0, 0.05) is 6.54 Å². The fourth-order valence-corrected chi connectivity index (χ4v) is 5.23. The highest BCUT2D eigenvalue weighted by atomic mass is 32.2. The molecule has 0 N–H and O–H groups in total. The standard InChI is InChI=1S/C19H19NO2S/c21-23(22,18-12-11-15-6-1-2-8-17(15)14-18)20-13-5-9-16-7-3-4-10-19(16)20/h1-4,6-8,10,14H,5,9,11-13H2. The number of rotatable bonds is 2. The SMILES string of the molecule is O=S(=O)(C1=Cc2ccccc2CC1)N1CCCc2ccccc21. The van der Waals surface area contributed by atoms with E-state index >= 15 is 0 Å².